The number of amides is 1. The van der Waals surface area contributed by atoms with E-state index in [1.54, 1.807) is 88.3 Å². The van der Waals surface area contributed by atoms with Crippen molar-refractivity contribution >= 4 is 18.0 Å². The van der Waals surface area contributed by atoms with Crippen molar-refractivity contribution in [3.63, 3.8) is 0 Å². The molecule has 1 fully saturated rings. The SMILES string of the molecule is CC(C)(C)OC(=O)N[C@@H](CCC(Cc1ccc(OC[C@@H]2OC(C)(C)O[C@H]2CF)cc1)C(=O)OC(C)(C)C)C(=O)OC(C)(C)C. The van der Waals surface area contributed by atoms with E-state index < -0.39 is 71.5 Å². The third kappa shape index (κ3) is 13.8. The van der Waals surface area contributed by atoms with Gasteiger partial charge in [0.1, 0.15) is 54.1 Å². The molecule has 1 N–H and O–H groups in total. The lowest BCUT2D eigenvalue weighted by Crippen LogP contribution is -2.46. The summed E-state index contributed by atoms with van der Waals surface area (Å²) in [6.07, 6.45) is -1.33. The van der Waals surface area contributed by atoms with Crippen molar-refractivity contribution in [1.82, 2.24) is 5.32 Å². The number of alkyl halides is 1. The highest BCUT2D eigenvalue weighted by atomic mass is 19.1. The zero-order valence-electron chi connectivity index (χ0n) is 28.2. The van der Waals surface area contributed by atoms with E-state index in [0.29, 0.717) is 12.2 Å². The van der Waals surface area contributed by atoms with Crippen LogP contribution < -0.4 is 10.1 Å². The molecule has 0 saturated carbocycles. The predicted octanol–water partition coefficient (Wildman–Crippen LogP) is 6.07. The van der Waals surface area contributed by atoms with Crippen LogP contribution in [0.4, 0.5) is 9.18 Å². The van der Waals surface area contributed by atoms with Crippen molar-refractivity contribution < 1.29 is 47.2 Å². The second-order valence-electron chi connectivity index (χ2n) is 14.6. The van der Waals surface area contributed by atoms with Crippen LogP contribution in [-0.4, -0.2) is 72.2 Å². The Kier molecular flexibility index (Phi) is 12.6. The van der Waals surface area contributed by atoms with Gasteiger partial charge in [0.25, 0.3) is 0 Å². The Bertz CT molecular complexity index is 1100. The summed E-state index contributed by atoms with van der Waals surface area (Å²) in [4.78, 5) is 38.9. The molecule has 1 aromatic rings. The number of carbonyl (C=O) groups is 3. The summed E-state index contributed by atoms with van der Waals surface area (Å²) in [6, 6.07) is 6.16. The van der Waals surface area contributed by atoms with Gasteiger partial charge in [0, 0.05) is 0 Å². The third-order valence-electron chi connectivity index (χ3n) is 6.18. The second-order valence-corrected chi connectivity index (χ2v) is 14.6. The van der Waals surface area contributed by atoms with Crippen LogP contribution in [0.5, 0.6) is 5.75 Å². The maximum Gasteiger partial charge on any atom is 0.408 e. The van der Waals surface area contributed by atoms with E-state index in [0.717, 1.165) is 5.56 Å². The van der Waals surface area contributed by atoms with Gasteiger partial charge < -0.3 is 33.7 Å². The monoisotopic (exact) mass is 625 g/mol. The van der Waals surface area contributed by atoms with E-state index in [4.69, 9.17) is 28.4 Å². The van der Waals surface area contributed by atoms with Gasteiger partial charge in [0.05, 0.1) is 5.92 Å². The number of rotatable bonds is 12. The summed E-state index contributed by atoms with van der Waals surface area (Å²) >= 11 is 0. The van der Waals surface area contributed by atoms with Gasteiger partial charge in [0.15, 0.2) is 5.79 Å². The van der Waals surface area contributed by atoms with Crippen molar-refractivity contribution in [2.45, 2.75) is 136 Å². The second kappa shape index (κ2) is 14.9. The van der Waals surface area contributed by atoms with Crippen LogP contribution in [0.3, 0.4) is 0 Å². The molecule has 0 aliphatic carbocycles. The molecule has 1 aliphatic heterocycles. The van der Waals surface area contributed by atoms with Crippen LogP contribution in [0.15, 0.2) is 24.3 Å². The van der Waals surface area contributed by atoms with Crippen molar-refractivity contribution in [3.05, 3.63) is 29.8 Å². The van der Waals surface area contributed by atoms with Crippen LogP contribution in [0, 0.1) is 5.92 Å². The number of hydrogen-bond donors (Lipinski definition) is 1. The highest BCUT2D eigenvalue weighted by Crippen LogP contribution is 2.29. The molecule has 1 saturated heterocycles. The van der Waals surface area contributed by atoms with E-state index in [-0.39, 0.29) is 19.4 Å². The van der Waals surface area contributed by atoms with E-state index in [9.17, 15) is 18.8 Å². The first-order chi connectivity index (χ1) is 20.1. The zero-order chi connectivity index (χ0) is 33.5. The van der Waals surface area contributed by atoms with E-state index in [1.165, 1.54) is 0 Å². The highest BCUT2D eigenvalue weighted by Gasteiger charge is 2.41. The molecule has 0 spiro atoms. The van der Waals surface area contributed by atoms with Crippen molar-refractivity contribution in [2.75, 3.05) is 13.3 Å². The van der Waals surface area contributed by atoms with Gasteiger partial charge in [-0.1, -0.05) is 12.1 Å². The number of nitrogens with one attached hydrogen (secondary N) is 1. The summed E-state index contributed by atoms with van der Waals surface area (Å²) < 4.78 is 47.1. The molecular formula is C33H52FNO9. The van der Waals surface area contributed by atoms with Crippen molar-refractivity contribution in [1.29, 1.82) is 0 Å². The molecule has 0 radical (unpaired) electrons. The molecule has 0 bridgehead atoms. The molecule has 1 heterocycles. The minimum Gasteiger partial charge on any atom is -0.491 e. The number of carbonyl (C=O) groups excluding carboxylic acids is 3. The van der Waals surface area contributed by atoms with Crippen LogP contribution >= 0.6 is 0 Å². The van der Waals surface area contributed by atoms with Gasteiger partial charge in [-0.25, -0.2) is 14.0 Å². The Morgan fingerprint density at radius 3 is 1.86 bits per heavy atom. The maximum atomic E-state index is 13.4. The summed E-state index contributed by atoms with van der Waals surface area (Å²) in [7, 11) is 0. The van der Waals surface area contributed by atoms with Gasteiger partial charge in [-0.2, -0.15) is 0 Å². The zero-order valence-corrected chi connectivity index (χ0v) is 28.2. The number of halogens is 1. The molecule has 1 aromatic carbocycles. The standard InChI is InChI=1S/C33H52FNO9/c1-30(2,3)42-27(36)22(14-17-24(28(37)43-31(4,5)6)35-29(38)44-32(7,8)9)18-21-12-15-23(16-13-21)39-20-26-25(19-34)40-33(10,11)41-26/h12-13,15-16,22,24-26H,14,17-20H2,1-11H3,(H,35,38)/t22?,24-,25-,26-/m0/s1. The molecule has 1 unspecified atom stereocenters. The fraction of sp³-hybridized carbons (Fsp3) is 0.727. The first-order valence-corrected chi connectivity index (χ1v) is 15.1. The smallest absolute Gasteiger partial charge is 0.408 e. The predicted molar refractivity (Wildman–Crippen MR) is 163 cm³/mol. The van der Waals surface area contributed by atoms with Crippen molar-refractivity contribution in [2.24, 2.45) is 5.92 Å². The maximum absolute atomic E-state index is 13.4. The lowest BCUT2D eigenvalue weighted by Gasteiger charge is -2.28. The lowest BCUT2D eigenvalue weighted by molar-refractivity contribution is -0.162. The molecule has 11 heteroatoms. The molecule has 10 nitrogen and oxygen atoms in total. The Morgan fingerprint density at radius 2 is 1.34 bits per heavy atom. The van der Waals surface area contributed by atoms with Crippen LogP contribution in [-0.2, 0) is 39.7 Å². The van der Waals surface area contributed by atoms with Gasteiger partial charge in [0.2, 0.25) is 0 Å². The number of alkyl carbamates (subject to hydrolysis) is 1. The Hall–Kier alpha value is -2.92. The molecule has 250 valence electrons. The summed E-state index contributed by atoms with van der Waals surface area (Å²) in [5, 5.41) is 2.61. The first kappa shape index (κ1) is 37.3. The Balaban J connectivity index is 2.15. The molecule has 1 amide bonds. The highest BCUT2D eigenvalue weighted by molar-refractivity contribution is 5.82. The average Bonchev–Trinajstić information content (AvgIpc) is 3.15. The lowest BCUT2D eigenvalue weighted by atomic mass is 9.92. The summed E-state index contributed by atoms with van der Waals surface area (Å²) in [5.41, 5.74) is -1.42. The average molecular weight is 626 g/mol. The number of ether oxygens (including phenoxy) is 6. The molecule has 0 aromatic heterocycles. The fourth-order valence-corrected chi connectivity index (χ4v) is 4.49. The number of hydrogen-bond acceptors (Lipinski definition) is 9. The third-order valence-corrected chi connectivity index (χ3v) is 6.18. The normalized spacial score (nSPS) is 19.9. The number of benzene rings is 1. The molecular weight excluding hydrogens is 573 g/mol. The van der Waals surface area contributed by atoms with E-state index >= 15 is 0 Å². The number of esters is 2. The molecule has 4 atom stereocenters. The Morgan fingerprint density at radius 1 is 0.818 bits per heavy atom. The first-order valence-electron chi connectivity index (χ1n) is 15.1. The van der Waals surface area contributed by atoms with Crippen LogP contribution in [0.2, 0.25) is 0 Å². The molecule has 1 aliphatic rings. The fourth-order valence-electron chi connectivity index (χ4n) is 4.49. The van der Waals surface area contributed by atoms with E-state index in [1.807, 2.05) is 12.1 Å². The van der Waals surface area contributed by atoms with Crippen LogP contribution in [0.25, 0.3) is 0 Å². The molecule has 2 rings (SSSR count). The largest absolute Gasteiger partial charge is 0.491 e. The van der Waals surface area contributed by atoms with Crippen LogP contribution in [0.1, 0.15) is 94.6 Å². The van der Waals surface area contributed by atoms with Gasteiger partial charge >= 0.3 is 18.0 Å². The van der Waals surface area contributed by atoms with E-state index in [2.05, 4.69) is 5.32 Å². The van der Waals surface area contributed by atoms with Gasteiger partial charge in [-0.15, -0.1) is 0 Å². The van der Waals surface area contributed by atoms with Crippen molar-refractivity contribution in [3.8, 4) is 5.75 Å². The molecule has 44 heavy (non-hydrogen) atoms. The summed E-state index contributed by atoms with van der Waals surface area (Å²) in [5.74, 6) is -1.99. The summed E-state index contributed by atoms with van der Waals surface area (Å²) in [6.45, 7) is 18.7. The van der Waals surface area contributed by atoms with Gasteiger partial charge in [-0.3, -0.25) is 4.79 Å². The minimum absolute atomic E-state index is 0.120. The topological polar surface area (TPSA) is 119 Å². The van der Waals surface area contributed by atoms with Gasteiger partial charge in [-0.05, 0) is 113 Å². The quantitative estimate of drug-likeness (QED) is 0.218. The minimum atomic E-state index is -1.04. The Labute approximate surface area is 261 Å².